The van der Waals surface area contributed by atoms with Crippen molar-refractivity contribution < 1.29 is 4.79 Å². The number of amides is 1. The molecule has 5 nitrogen and oxygen atoms in total. The van der Waals surface area contributed by atoms with E-state index in [1.165, 1.54) is 11.1 Å². The summed E-state index contributed by atoms with van der Waals surface area (Å²) in [4.78, 5) is 16.0. The number of nitrogens with zero attached hydrogens (tertiary/aromatic N) is 1. The Balaban J connectivity index is 0.00000338. The molecule has 0 aliphatic rings. The summed E-state index contributed by atoms with van der Waals surface area (Å²) in [5.74, 6) is 0.700. The average Bonchev–Trinajstić information content (AvgIpc) is 2.64. The molecule has 0 saturated heterocycles. The largest absolute Gasteiger partial charge is 0.352 e. The molecule has 140 valence electrons. The molecule has 26 heavy (non-hydrogen) atoms. The normalized spacial score (nSPS) is 10.7. The van der Waals surface area contributed by atoms with Crippen molar-refractivity contribution in [3.05, 3.63) is 70.8 Å². The highest BCUT2D eigenvalue weighted by Gasteiger charge is 2.04. The summed E-state index contributed by atoms with van der Waals surface area (Å²) in [7, 11) is 1.75. The minimum Gasteiger partial charge on any atom is -0.352 e. The maximum absolute atomic E-state index is 11.8. The van der Waals surface area contributed by atoms with Gasteiger partial charge in [0.2, 0.25) is 0 Å². The second kappa shape index (κ2) is 11.5. The van der Waals surface area contributed by atoms with Crippen LogP contribution in [0.4, 0.5) is 0 Å². The number of guanidine groups is 1. The van der Waals surface area contributed by atoms with Gasteiger partial charge in [0, 0.05) is 32.2 Å². The smallest absolute Gasteiger partial charge is 0.251 e. The predicted octanol–water partition coefficient (Wildman–Crippen LogP) is 3.23. The van der Waals surface area contributed by atoms with E-state index in [0.717, 1.165) is 18.1 Å². The summed E-state index contributed by atoms with van der Waals surface area (Å²) in [6.07, 6.45) is 0. The molecule has 0 atom stereocenters. The first-order valence-electron chi connectivity index (χ1n) is 8.49. The summed E-state index contributed by atoms with van der Waals surface area (Å²) >= 11 is 0. The molecule has 6 heteroatoms. The predicted molar refractivity (Wildman–Crippen MR) is 118 cm³/mol. The van der Waals surface area contributed by atoms with Gasteiger partial charge in [0.1, 0.15) is 0 Å². The van der Waals surface area contributed by atoms with Crippen LogP contribution in [0.2, 0.25) is 0 Å². The van der Waals surface area contributed by atoms with Gasteiger partial charge in [0.15, 0.2) is 5.96 Å². The molecule has 0 aromatic heterocycles. The Bertz CT molecular complexity index is 712. The molecule has 2 aromatic carbocycles. The van der Waals surface area contributed by atoms with Crippen molar-refractivity contribution in [3.8, 4) is 0 Å². The van der Waals surface area contributed by atoms with Crippen LogP contribution < -0.4 is 16.0 Å². The maximum Gasteiger partial charge on any atom is 0.251 e. The van der Waals surface area contributed by atoms with E-state index in [4.69, 9.17) is 0 Å². The molecular formula is C20H27IN4O. The van der Waals surface area contributed by atoms with Gasteiger partial charge < -0.3 is 16.0 Å². The Morgan fingerprint density at radius 2 is 1.38 bits per heavy atom. The van der Waals surface area contributed by atoms with Crippen molar-refractivity contribution in [2.45, 2.75) is 26.9 Å². The molecule has 0 bridgehead atoms. The van der Waals surface area contributed by atoms with Crippen molar-refractivity contribution in [2.75, 3.05) is 13.6 Å². The molecule has 0 radical (unpaired) electrons. The molecule has 1 amide bonds. The van der Waals surface area contributed by atoms with Crippen molar-refractivity contribution in [3.63, 3.8) is 0 Å². The van der Waals surface area contributed by atoms with Gasteiger partial charge in [-0.2, -0.15) is 0 Å². The van der Waals surface area contributed by atoms with Gasteiger partial charge in [-0.3, -0.25) is 9.79 Å². The zero-order valence-corrected chi connectivity index (χ0v) is 17.8. The van der Waals surface area contributed by atoms with E-state index in [2.05, 4.69) is 52.1 Å². The zero-order valence-electron chi connectivity index (χ0n) is 15.5. The van der Waals surface area contributed by atoms with E-state index in [-0.39, 0.29) is 29.9 Å². The molecule has 2 rings (SSSR count). The Labute approximate surface area is 172 Å². The van der Waals surface area contributed by atoms with E-state index in [9.17, 15) is 4.79 Å². The monoisotopic (exact) mass is 466 g/mol. The molecule has 2 aromatic rings. The zero-order chi connectivity index (χ0) is 18.1. The number of benzene rings is 2. The number of hydrogen-bond donors (Lipinski definition) is 3. The van der Waals surface area contributed by atoms with Gasteiger partial charge in [-0.05, 0) is 37.1 Å². The number of aliphatic imine (C=N–C) groups is 1. The number of carbonyl (C=O) groups excluding carboxylic acids is 1. The summed E-state index contributed by atoms with van der Waals surface area (Å²) in [5, 5.41) is 9.37. The van der Waals surface area contributed by atoms with Crippen LogP contribution in [0.15, 0.2) is 53.5 Å². The van der Waals surface area contributed by atoms with E-state index in [1.807, 2.05) is 31.2 Å². The number of carbonyl (C=O) groups is 1. The molecule has 0 aliphatic carbocycles. The number of rotatable bonds is 6. The standard InChI is InChI=1S/C20H26N4O.HI/c1-4-22-19(25)18-11-9-17(10-12-18)14-24-20(21-3)23-13-16-7-5-15(2)6-8-16;/h5-12H,4,13-14H2,1-3H3,(H,22,25)(H2,21,23,24);1H. The first-order chi connectivity index (χ1) is 12.1. The molecule has 0 aliphatic heterocycles. The van der Waals surface area contributed by atoms with E-state index in [1.54, 1.807) is 7.05 Å². The lowest BCUT2D eigenvalue weighted by Crippen LogP contribution is -2.36. The number of nitrogens with one attached hydrogen (secondary N) is 3. The lowest BCUT2D eigenvalue weighted by molar-refractivity contribution is 0.0956. The van der Waals surface area contributed by atoms with Crippen LogP contribution >= 0.6 is 24.0 Å². The van der Waals surface area contributed by atoms with Crippen LogP contribution in [0.5, 0.6) is 0 Å². The van der Waals surface area contributed by atoms with Gasteiger partial charge in [0.05, 0.1) is 0 Å². The van der Waals surface area contributed by atoms with Crippen molar-refractivity contribution in [1.29, 1.82) is 0 Å². The molecule has 0 unspecified atom stereocenters. The lowest BCUT2D eigenvalue weighted by Gasteiger charge is -2.12. The first-order valence-corrected chi connectivity index (χ1v) is 8.49. The molecule has 0 spiro atoms. The van der Waals surface area contributed by atoms with E-state index >= 15 is 0 Å². The molecule has 0 heterocycles. The third-order valence-corrected chi connectivity index (χ3v) is 3.82. The third-order valence-electron chi connectivity index (χ3n) is 3.82. The number of hydrogen-bond acceptors (Lipinski definition) is 2. The van der Waals surface area contributed by atoms with Crippen LogP contribution in [0.25, 0.3) is 0 Å². The Hall–Kier alpha value is -2.09. The Morgan fingerprint density at radius 3 is 1.85 bits per heavy atom. The highest BCUT2D eigenvalue weighted by atomic mass is 127. The Morgan fingerprint density at radius 1 is 0.885 bits per heavy atom. The summed E-state index contributed by atoms with van der Waals surface area (Å²) < 4.78 is 0. The highest BCUT2D eigenvalue weighted by Crippen LogP contribution is 2.05. The molecular weight excluding hydrogens is 439 g/mol. The summed E-state index contributed by atoms with van der Waals surface area (Å²) in [6, 6.07) is 16.0. The molecule has 0 fully saturated rings. The van der Waals surface area contributed by atoms with Crippen molar-refractivity contribution in [1.82, 2.24) is 16.0 Å². The van der Waals surface area contributed by atoms with Gasteiger partial charge in [0.25, 0.3) is 5.91 Å². The second-order valence-corrected chi connectivity index (χ2v) is 5.82. The minimum atomic E-state index is -0.0439. The van der Waals surface area contributed by atoms with Crippen LogP contribution in [0.3, 0.4) is 0 Å². The SMILES string of the molecule is CCNC(=O)c1ccc(CNC(=NC)NCc2ccc(C)cc2)cc1.I. The van der Waals surface area contributed by atoms with Gasteiger partial charge in [-0.1, -0.05) is 42.0 Å². The fourth-order valence-electron chi connectivity index (χ4n) is 2.33. The van der Waals surface area contributed by atoms with Gasteiger partial charge in [-0.25, -0.2) is 0 Å². The average molecular weight is 466 g/mol. The van der Waals surface area contributed by atoms with Crippen LogP contribution in [0.1, 0.15) is 34.0 Å². The van der Waals surface area contributed by atoms with E-state index < -0.39 is 0 Å². The van der Waals surface area contributed by atoms with Crippen molar-refractivity contribution >= 4 is 35.8 Å². The fraction of sp³-hybridized carbons (Fsp3) is 0.300. The van der Waals surface area contributed by atoms with Crippen molar-refractivity contribution in [2.24, 2.45) is 4.99 Å². The minimum absolute atomic E-state index is 0. The van der Waals surface area contributed by atoms with Crippen LogP contribution in [-0.2, 0) is 13.1 Å². The summed E-state index contributed by atoms with van der Waals surface area (Å²) in [6.45, 7) is 5.98. The third kappa shape index (κ3) is 7.03. The first kappa shape index (κ1) is 22.0. The van der Waals surface area contributed by atoms with Gasteiger partial charge >= 0.3 is 0 Å². The molecule has 3 N–H and O–H groups in total. The topological polar surface area (TPSA) is 65.5 Å². The van der Waals surface area contributed by atoms with E-state index in [0.29, 0.717) is 18.7 Å². The van der Waals surface area contributed by atoms with Crippen LogP contribution in [0, 0.1) is 6.92 Å². The highest BCUT2D eigenvalue weighted by molar-refractivity contribution is 14.0. The quantitative estimate of drug-likeness (QED) is 0.348. The number of aryl methyl sites for hydroxylation is 1. The number of halogens is 1. The fourth-order valence-corrected chi connectivity index (χ4v) is 2.33. The summed E-state index contributed by atoms with van der Waals surface area (Å²) in [5.41, 5.74) is 4.22. The second-order valence-electron chi connectivity index (χ2n) is 5.82. The Kier molecular flexibility index (Phi) is 9.72. The maximum atomic E-state index is 11.8. The van der Waals surface area contributed by atoms with Gasteiger partial charge in [-0.15, -0.1) is 24.0 Å². The lowest BCUT2D eigenvalue weighted by atomic mass is 10.1. The van der Waals surface area contributed by atoms with Crippen LogP contribution in [-0.4, -0.2) is 25.5 Å². The molecule has 0 saturated carbocycles.